The zero-order valence-corrected chi connectivity index (χ0v) is 18.8. The van der Waals surface area contributed by atoms with Gasteiger partial charge >= 0.3 is 5.91 Å². The predicted molar refractivity (Wildman–Crippen MR) is 134 cm³/mol. The quantitative estimate of drug-likeness (QED) is 0.223. The summed E-state index contributed by atoms with van der Waals surface area (Å²) < 4.78 is 0. The van der Waals surface area contributed by atoms with E-state index >= 15 is 0 Å². The fraction of sp³-hybridized carbons (Fsp3) is 0.0714. The Morgan fingerprint density at radius 1 is 0.943 bits per heavy atom. The summed E-state index contributed by atoms with van der Waals surface area (Å²) in [5.41, 5.74) is 3.57. The molecule has 1 aliphatic heterocycles. The molecule has 0 bridgehead atoms. The van der Waals surface area contributed by atoms with Gasteiger partial charge in [0.1, 0.15) is 5.76 Å². The van der Waals surface area contributed by atoms with Crippen molar-refractivity contribution in [1.29, 1.82) is 0 Å². The molecule has 7 heteroatoms. The maximum absolute atomic E-state index is 13.4. The minimum Gasteiger partial charge on any atom is -0.507 e. The number of aliphatic hydroxyl groups is 1. The third kappa shape index (κ3) is 3.36. The van der Waals surface area contributed by atoms with E-state index in [0.717, 1.165) is 21.9 Å². The molecule has 0 aliphatic carbocycles. The number of carbonyl (C=O) groups is 2. The lowest BCUT2D eigenvalue weighted by Crippen LogP contribution is -2.30. The zero-order chi connectivity index (χ0) is 24.1. The van der Waals surface area contributed by atoms with Gasteiger partial charge in [0.25, 0.3) is 5.78 Å². The molecule has 1 amide bonds. The van der Waals surface area contributed by atoms with E-state index in [0.29, 0.717) is 16.6 Å². The number of amides is 1. The van der Waals surface area contributed by atoms with Crippen LogP contribution in [0, 0.1) is 6.92 Å². The first-order valence-corrected chi connectivity index (χ1v) is 11.2. The van der Waals surface area contributed by atoms with Crippen LogP contribution in [0.1, 0.15) is 22.7 Å². The van der Waals surface area contributed by atoms with E-state index in [4.69, 9.17) is 0 Å². The maximum atomic E-state index is 13.4. The first-order valence-electron chi connectivity index (χ1n) is 11.2. The fourth-order valence-electron chi connectivity index (χ4n) is 4.63. The van der Waals surface area contributed by atoms with Crippen LogP contribution in [-0.2, 0) is 9.59 Å². The lowest BCUT2D eigenvalue weighted by Gasteiger charge is -2.22. The summed E-state index contributed by atoms with van der Waals surface area (Å²) in [7, 11) is 0. The Hall–Kier alpha value is -4.78. The number of aromatic nitrogens is 3. The van der Waals surface area contributed by atoms with Crippen LogP contribution in [0.5, 0.6) is 0 Å². The Bertz CT molecular complexity index is 1670. The number of imidazole rings is 1. The Morgan fingerprint density at radius 3 is 2.51 bits per heavy atom. The number of anilines is 1. The number of H-pyrrole nitrogens is 1. The van der Waals surface area contributed by atoms with Crippen LogP contribution in [0.2, 0.25) is 0 Å². The number of ketones is 1. The van der Waals surface area contributed by atoms with E-state index in [2.05, 4.69) is 15.0 Å². The third-order valence-electron chi connectivity index (χ3n) is 6.34. The van der Waals surface area contributed by atoms with Crippen molar-refractivity contribution in [1.82, 2.24) is 15.0 Å². The lowest BCUT2D eigenvalue weighted by molar-refractivity contribution is -0.132. The van der Waals surface area contributed by atoms with Gasteiger partial charge in [-0.2, -0.15) is 0 Å². The van der Waals surface area contributed by atoms with Gasteiger partial charge in [-0.3, -0.25) is 19.5 Å². The molecule has 5 aromatic rings. The molecule has 0 radical (unpaired) electrons. The van der Waals surface area contributed by atoms with Crippen molar-refractivity contribution in [3.63, 3.8) is 0 Å². The van der Waals surface area contributed by atoms with Crippen molar-refractivity contribution >= 4 is 45.2 Å². The number of benzene rings is 3. The molecule has 3 aromatic carbocycles. The van der Waals surface area contributed by atoms with Gasteiger partial charge < -0.3 is 10.1 Å². The summed E-state index contributed by atoms with van der Waals surface area (Å²) >= 11 is 0. The van der Waals surface area contributed by atoms with Crippen LogP contribution < -0.4 is 4.90 Å². The highest BCUT2D eigenvalue weighted by Crippen LogP contribution is 2.41. The van der Waals surface area contributed by atoms with Gasteiger partial charge in [0.2, 0.25) is 5.95 Å². The number of nitrogens with one attached hydrogen (secondary N) is 1. The zero-order valence-electron chi connectivity index (χ0n) is 18.8. The average Bonchev–Trinajstić information content (AvgIpc) is 3.41. The molecule has 2 N–H and O–H groups in total. The van der Waals surface area contributed by atoms with E-state index in [1.165, 1.54) is 4.90 Å². The van der Waals surface area contributed by atoms with Crippen LogP contribution in [-0.4, -0.2) is 31.7 Å². The van der Waals surface area contributed by atoms with Gasteiger partial charge in [-0.05, 0) is 59.2 Å². The summed E-state index contributed by atoms with van der Waals surface area (Å²) in [4.78, 5) is 39.8. The molecule has 1 atom stereocenters. The van der Waals surface area contributed by atoms with Crippen molar-refractivity contribution in [3.05, 3.63) is 107 Å². The number of Topliss-reactive ketones (excluding diaryl/α,β-unsaturated/α-hetero) is 1. The number of hydrogen-bond acceptors (Lipinski definition) is 5. The summed E-state index contributed by atoms with van der Waals surface area (Å²) in [6.45, 7) is 1.96. The van der Waals surface area contributed by atoms with Gasteiger partial charge in [0.05, 0.1) is 22.6 Å². The first-order chi connectivity index (χ1) is 17.0. The number of rotatable bonds is 3. The number of hydrogen-bond donors (Lipinski definition) is 2. The number of aromatic amines is 1. The molecule has 0 saturated carbocycles. The van der Waals surface area contributed by atoms with E-state index in [1.807, 2.05) is 61.5 Å². The molecule has 35 heavy (non-hydrogen) atoms. The highest BCUT2D eigenvalue weighted by atomic mass is 16.3. The second kappa shape index (κ2) is 7.92. The van der Waals surface area contributed by atoms with Crippen LogP contribution in [0.15, 0.2) is 90.8 Å². The van der Waals surface area contributed by atoms with E-state index < -0.39 is 17.7 Å². The average molecular weight is 460 g/mol. The summed E-state index contributed by atoms with van der Waals surface area (Å²) in [6, 6.07) is 21.5. The lowest BCUT2D eigenvalue weighted by atomic mass is 9.95. The standard InChI is InChI=1S/C28H20N4O3/c1-16-6-9-21-22(14-16)31-28(30-21)32-24(18-10-12-29-13-11-18)23(26(34)27(32)35)25(33)20-8-7-17-4-2-3-5-19(17)15-20/h2-15,24,33H,1H3,(H,30,31)/b25-23+. The van der Waals surface area contributed by atoms with Crippen LogP contribution >= 0.6 is 0 Å². The number of aliphatic hydroxyl groups excluding tert-OH is 1. The molecular weight excluding hydrogens is 440 g/mol. The summed E-state index contributed by atoms with van der Waals surface area (Å²) in [6.07, 6.45) is 3.18. The van der Waals surface area contributed by atoms with E-state index in [-0.39, 0.29) is 17.3 Å². The number of aryl methyl sites for hydroxylation is 1. The molecule has 6 rings (SSSR count). The monoisotopic (exact) mass is 460 g/mol. The molecule has 170 valence electrons. The van der Waals surface area contributed by atoms with Crippen molar-refractivity contribution in [2.75, 3.05) is 4.90 Å². The van der Waals surface area contributed by atoms with E-state index in [9.17, 15) is 14.7 Å². The highest BCUT2D eigenvalue weighted by Gasteiger charge is 2.48. The van der Waals surface area contributed by atoms with Crippen molar-refractivity contribution in [2.45, 2.75) is 13.0 Å². The number of carbonyl (C=O) groups excluding carboxylic acids is 2. The minimum atomic E-state index is -0.869. The second-order valence-electron chi connectivity index (χ2n) is 8.59. The Labute approximate surface area is 200 Å². The molecule has 1 fully saturated rings. The van der Waals surface area contributed by atoms with Crippen molar-refractivity contribution in [2.24, 2.45) is 0 Å². The molecule has 1 aliphatic rings. The largest absolute Gasteiger partial charge is 0.507 e. The van der Waals surface area contributed by atoms with Crippen molar-refractivity contribution < 1.29 is 14.7 Å². The summed E-state index contributed by atoms with van der Waals surface area (Å²) in [5, 5.41) is 13.3. The normalized spacial score (nSPS) is 17.5. The Morgan fingerprint density at radius 2 is 1.71 bits per heavy atom. The number of nitrogens with zero attached hydrogens (tertiary/aromatic N) is 3. The fourth-order valence-corrected chi connectivity index (χ4v) is 4.63. The van der Waals surface area contributed by atoms with Gasteiger partial charge in [0.15, 0.2) is 0 Å². The van der Waals surface area contributed by atoms with Gasteiger partial charge in [-0.15, -0.1) is 0 Å². The number of pyridine rings is 1. The molecule has 7 nitrogen and oxygen atoms in total. The highest BCUT2D eigenvalue weighted by molar-refractivity contribution is 6.51. The third-order valence-corrected chi connectivity index (χ3v) is 6.34. The second-order valence-corrected chi connectivity index (χ2v) is 8.59. The van der Waals surface area contributed by atoms with Crippen LogP contribution in [0.25, 0.3) is 27.6 Å². The minimum absolute atomic E-state index is 0.00752. The molecule has 2 aromatic heterocycles. The van der Waals surface area contributed by atoms with Gasteiger partial charge in [-0.1, -0.05) is 42.5 Å². The molecule has 1 unspecified atom stereocenters. The van der Waals surface area contributed by atoms with E-state index in [1.54, 1.807) is 30.6 Å². The topological polar surface area (TPSA) is 99.2 Å². The SMILES string of the molecule is Cc1ccc2nc(N3C(=O)C(=O)/C(=C(/O)c4ccc5ccccc5c4)C3c3ccncc3)[nH]c2c1. The predicted octanol–water partition coefficient (Wildman–Crippen LogP) is 5.05. The van der Waals surface area contributed by atoms with Crippen molar-refractivity contribution in [3.8, 4) is 0 Å². The first kappa shape index (κ1) is 20.8. The molecule has 1 saturated heterocycles. The van der Waals surface area contributed by atoms with Gasteiger partial charge in [-0.25, -0.2) is 4.98 Å². The smallest absolute Gasteiger partial charge is 0.302 e. The van der Waals surface area contributed by atoms with Gasteiger partial charge in [0, 0.05) is 18.0 Å². The maximum Gasteiger partial charge on any atom is 0.302 e. The molecular formula is C28H20N4O3. The summed E-state index contributed by atoms with van der Waals surface area (Å²) in [5.74, 6) is -1.52. The van der Waals surface area contributed by atoms with Crippen LogP contribution in [0.4, 0.5) is 5.95 Å². The molecule has 3 heterocycles. The molecule has 0 spiro atoms. The number of fused-ring (bicyclic) bond motifs is 2. The van der Waals surface area contributed by atoms with Crippen LogP contribution in [0.3, 0.4) is 0 Å². The Kier molecular flexibility index (Phi) is 4.70. The Balaban J connectivity index is 1.56.